The van der Waals surface area contributed by atoms with Crippen LogP contribution in [0, 0.1) is 0 Å². The summed E-state index contributed by atoms with van der Waals surface area (Å²) in [5.41, 5.74) is 0. The van der Waals surface area contributed by atoms with Crippen molar-refractivity contribution in [2.45, 2.75) is 75.0 Å². The zero-order valence-electron chi connectivity index (χ0n) is 14.5. The molecular formula is C15H27NO10. The van der Waals surface area contributed by atoms with Gasteiger partial charge in [-0.1, -0.05) is 0 Å². The Kier molecular flexibility index (Phi) is 7.30. The van der Waals surface area contributed by atoms with E-state index in [-0.39, 0.29) is 0 Å². The molecule has 0 bridgehead atoms. The molecule has 0 radical (unpaired) electrons. The van der Waals surface area contributed by atoms with E-state index in [9.17, 15) is 35.4 Å². The highest BCUT2D eigenvalue weighted by Crippen LogP contribution is 2.29. The molecule has 11 heteroatoms. The predicted octanol–water partition coefficient (Wildman–Crippen LogP) is -4.18. The van der Waals surface area contributed by atoms with Gasteiger partial charge in [-0.3, -0.25) is 4.79 Å². The van der Waals surface area contributed by atoms with Crippen LogP contribution in [0.4, 0.5) is 0 Å². The molecule has 0 spiro atoms. The van der Waals surface area contributed by atoms with Crippen molar-refractivity contribution in [2.75, 3.05) is 13.2 Å². The fourth-order valence-electron chi connectivity index (χ4n) is 3.22. The summed E-state index contributed by atoms with van der Waals surface area (Å²) < 4.78 is 16.4. The zero-order valence-corrected chi connectivity index (χ0v) is 14.5. The molecular weight excluding hydrogens is 354 g/mol. The summed E-state index contributed by atoms with van der Waals surface area (Å²) in [6, 6.07) is -0.835. The number of hydrogen-bond donors (Lipinski definition) is 7. The first-order chi connectivity index (χ1) is 12.2. The van der Waals surface area contributed by atoms with Crippen LogP contribution in [-0.2, 0) is 19.0 Å². The van der Waals surface area contributed by atoms with E-state index in [0.717, 1.165) is 0 Å². The minimum absolute atomic E-state index is 0.414. The molecule has 2 heterocycles. The average molecular weight is 381 g/mol. The van der Waals surface area contributed by atoms with Gasteiger partial charge in [0, 0.05) is 6.92 Å². The molecule has 152 valence electrons. The van der Waals surface area contributed by atoms with Crippen LogP contribution in [0.3, 0.4) is 0 Å². The Labute approximate surface area is 150 Å². The Hall–Kier alpha value is -0.890. The van der Waals surface area contributed by atoms with E-state index >= 15 is 0 Å². The van der Waals surface area contributed by atoms with Crippen molar-refractivity contribution in [1.29, 1.82) is 0 Å². The van der Waals surface area contributed by atoms with Crippen molar-refractivity contribution < 1.29 is 49.6 Å². The van der Waals surface area contributed by atoms with Crippen LogP contribution in [0.5, 0.6) is 0 Å². The van der Waals surface area contributed by atoms with Gasteiger partial charge < -0.3 is 50.2 Å². The van der Waals surface area contributed by atoms with E-state index in [2.05, 4.69) is 5.32 Å². The van der Waals surface area contributed by atoms with Crippen molar-refractivity contribution in [3.05, 3.63) is 0 Å². The highest BCUT2D eigenvalue weighted by Gasteiger charge is 2.50. The molecule has 2 saturated heterocycles. The number of rotatable bonds is 5. The molecule has 0 saturated carbocycles. The average Bonchev–Trinajstić information content (AvgIpc) is 2.60. The maximum atomic E-state index is 11.5. The molecule has 26 heavy (non-hydrogen) atoms. The van der Waals surface area contributed by atoms with Gasteiger partial charge in [-0.15, -0.1) is 0 Å². The molecule has 10 atom stereocenters. The number of carbonyl (C=O) groups is 1. The summed E-state index contributed by atoms with van der Waals surface area (Å²) in [7, 11) is 0. The molecule has 11 nitrogen and oxygen atoms in total. The maximum absolute atomic E-state index is 11.5. The van der Waals surface area contributed by atoms with Crippen LogP contribution in [0.2, 0.25) is 0 Å². The largest absolute Gasteiger partial charge is 0.394 e. The monoisotopic (exact) mass is 381 g/mol. The standard InChI is InChI=1S/C15H27NO10/c1-5-9(16-6(2)19)14(11(21)8(4-18)24-5)26-15-13(23)12(22)10(20)7(3-17)25-15/h5,7-15,17-18,20-23H,3-4H2,1-2H3,(H,16,19)/t5?,7?,8?,9?,10-,11-,12-,13?,14+,15+/m0/s1. The van der Waals surface area contributed by atoms with Crippen LogP contribution < -0.4 is 5.32 Å². The smallest absolute Gasteiger partial charge is 0.217 e. The van der Waals surface area contributed by atoms with E-state index in [1.165, 1.54) is 6.92 Å². The Morgan fingerprint density at radius 3 is 2.08 bits per heavy atom. The molecule has 2 aliphatic heterocycles. The van der Waals surface area contributed by atoms with Gasteiger partial charge in [0.2, 0.25) is 5.91 Å². The molecule has 0 aromatic rings. The Balaban J connectivity index is 2.21. The molecule has 7 N–H and O–H groups in total. The third-order valence-electron chi connectivity index (χ3n) is 4.66. The zero-order chi connectivity index (χ0) is 19.6. The minimum Gasteiger partial charge on any atom is -0.394 e. The van der Waals surface area contributed by atoms with E-state index in [4.69, 9.17) is 14.2 Å². The first kappa shape index (κ1) is 21.4. The maximum Gasteiger partial charge on any atom is 0.217 e. The number of aliphatic hydroxyl groups is 6. The minimum atomic E-state index is -1.66. The Morgan fingerprint density at radius 2 is 1.54 bits per heavy atom. The quantitative estimate of drug-likeness (QED) is 0.247. The van der Waals surface area contributed by atoms with Gasteiger partial charge in [0.25, 0.3) is 0 Å². The highest BCUT2D eigenvalue weighted by atomic mass is 16.7. The summed E-state index contributed by atoms with van der Waals surface area (Å²) >= 11 is 0. The van der Waals surface area contributed by atoms with Gasteiger partial charge in [0.15, 0.2) is 6.29 Å². The molecule has 0 aliphatic carbocycles. The van der Waals surface area contributed by atoms with Crippen molar-refractivity contribution in [1.82, 2.24) is 5.32 Å². The van der Waals surface area contributed by atoms with E-state index in [1.807, 2.05) is 0 Å². The lowest BCUT2D eigenvalue weighted by Crippen LogP contribution is -2.67. The van der Waals surface area contributed by atoms with Gasteiger partial charge in [-0.05, 0) is 6.92 Å². The van der Waals surface area contributed by atoms with Crippen LogP contribution in [0.15, 0.2) is 0 Å². The molecule has 0 aromatic heterocycles. The first-order valence-electron chi connectivity index (χ1n) is 8.38. The third-order valence-corrected chi connectivity index (χ3v) is 4.66. The summed E-state index contributed by atoms with van der Waals surface area (Å²) in [5, 5.41) is 61.4. The number of hydrogen-bond acceptors (Lipinski definition) is 10. The van der Waals surface area contributed by atoms with Gasteiger partial charge >= 0.3 is 0 Å². The van der Waals surface area contributed by atoms with Crippen LogP contribution in [0.1, 0.15) is 13.8 Å². The predicted molar refractivity (Wildman–Crippen MR) is 83.7 cm³/mol. The number of amides is 1. The number of nitrogens with one attached hydrogen (secondary N) is 1. The van der Waals surface area contributed by atoms with Gasteiger partial charge in [-0.2, -0.15) is 0 Å². The Morgan fingerprint density at radius 1 is 0.962 bits per heavy atom. The van der Waals surface area contributed by atoms with Crippen LogP contribution >= 0.6 is 0 Å². The van der Waals surface area contributed by atoms with E-state index in [1.54, 1.807) is 6.92 Å². The highest BCUT2D eigenvalue weighted by molar-refractivity contribution is 5.73. The number of carbonyl (C=O) groups excluding carboxylic acids is 1. The third kappa shape index (κ3) is 4.32. The molecule has 0 aromatic carbocycles. The van der Waals surface area contributed by atoms with Crippen molar-refractivity contribution in [3.63, 3.8) is 0 Å². The fourth-order valence-corrected chi connectivity index (χ4v) is 3.22. The summed E-state index contributed by atoms with van der Waals surface area (Å²) in [5.74, 6) is -0.414. The van der Waals surface area contributed by atoms with Crippen molar-refractivity contribution in [2.24, 2.45) is 0 Å². The lowest BCUT2D eigenvalue weighted by molar-refractivity contribution is -0.331. The SMILES string of the molecule is CC(=O)NC1C(C)OC(CO)[C@H](O)[C@@H]1O[C@H]1OC(CO)[C@H](O)[C@H](O)C1O. The Bertz CT molecular complexity index is 477. The second-order valence-electron chi connectivity index (χ2n) is 6.58. The van der Waals surface area contributed by atoms with Gasteiger partial charge in [0.05, 0.1) is 25.4 Å². The lowest BCUT2D eigenvalue weighted by atomic mass is 9.92. The fraction of sp³-hybridized carbons (Fsp3) is 0.933. The molecule has 2 rings (SSSR count). The molecule has 2 fully saturated rings. The van der Waals surface area contributed by atoms with Crippen LogP contribution in [0.25, 0.3) is 0 Å². The molecule has 1 amide bonds. The number of aliphatic hydroxyl groups excluding tert-OH is 6. The van der Waals surface area contributed by atoms with Gasteiger partial charge in [0.1, 0.15) is 42.7 Å². The van der Waals surface area contributed by atoms with Crippen molar-refractivity contribution in [3.8, 4) is 0 Å². The van der Waals surface area contributed by atoms with Gasteiger partial charge in [-0.25, -0.2) is 0 Å². The number of ether oxygens (including phenoxy) is 3. The van der Waals surface area contributed by atoms with Crippen LogP contribution in [-0.4, -0.2) is 111 Å². The second-order valence-corrected chi connectivity index (χ2v) is 6.58. The summed E-state index contributed by atoms with van der Waals surface area (Å²) in [4.78, 5) is 11.5. The molecule has 5 unspecified atom stereocenters. The lowest BCUT2D eigenvalue weighted by Gasteiger charge is -2.47. The van der Waals surface area contributed by atoms with E-state index < -0.39 is 80.3 Å². The normalized spacial score (nSPS) is 46.8. The van der Waals surface area contributed by atoms with E-state index in [0.29, 0.717) is 0 Å². The summed E-state index contributed by atoms with van der Waals surface area (Å²) in [6.07, 6.45) is -11.7. The first-order valence-corrected chi connectivity index (χ1v) is 8.38. The molecule has 2 aliphatic rings. The second kappa shape index (κ2) is 8.87. The summed E-state index contributed by atoms with van der Waals surface area (Å²) in [6.45, 7) is 1.74. The topological polar surface area (TPSA) is 178 Å². The van der Waals surface area contributed by atoms with Crippen molar-refractivity contribution >= 4 is 5.91 Å².